The van der Waals surface area contributed by atoms with E-state index in [0.29, 0.717) is 0 Å². The van der Waals surface area contributed by atoms with Gasteiger partial charge in [-0.3, -0.25) is 10.1 Å². The molecule has 1 N–H and O–H groups in total. The van der Waals surface area contributed by atoms with Gasteiger partial charge in [-0.05, 0) is 32.9 Å². The molecule has 1 aromatic rings. The van der Waals surface area contributed by atoms with Crippen LogP contribution in [0.15, 0.2) is 12.1 Å². The predicted molar refractivity (Wildman–Crippen MR) is 62.1 cm³/mol. The molecule has 1 aromatic heterocycles. The maximum atomic E-state index is 11.2. The van der Waals surface area contributed by atoms with Crippen molar-refractivity contribution >= 4 is 17.3 Å². The zero-order chi connectivity index (χ0) is 11.4. The van der Waals surface area contributed by atoms with E-state index in [1.165, 1.54) is 16.9 Å². The van der Waals surface area contributed by atoms with E-state index in [1.807, 2.05) is 13.8 Å². The van der Waals surface area contributed by atoms with Crippen LogP contribution >= 0.6 is 11.3 Å². The molecule has 0 amide bonds. The number of hydrogen-bond acceptors (Lipinski definition) is 4. The monoisotopic (exact) mass is 227 g/mol. The maximum absolute atomic E-state index is 11.2. The zero-order valence-corrected chi connectivity index (χ0v) is 10.4. The summed E-state index contributed by atoms with van der Waals surface area (Å²) >= 11 is 1.74. The third-order valence-electron chi connectivity index (χ3n) is 2.24. The molecular weight excluding hydrogens is 210 g/mol. The molecule has 2 unspecified atom stereocenters. The van der Waals surface area contributed by atoms with Gasteiger partial charge >= 0.3 is 5.97 Å². The van der Waals surface area contributed by atoms with E-state index in [9.17, 15) is 4.79 Å². The third kappa shape index (κ3) is 3.32. The van der Waals surface area contributed by atoms with Crippen LogP contribution in [0.2, 0.25) is 0 Å². The normalized spacial score (nSPS) is 14.7. The molecule has 0 bridgehead atoms. The van der Waals surface area contributed by atoms with Crippen molar-refractivity contribution in [3.63, 3.8) is 0 Å². The van der Waals surface area contributed by atoms with Crippen LogP contribution in [0, 0.1) is 6.92 Å². The SMILES string of the molecule is COC(=O)C(C)NC(C)c1ccc(C)s1. The summed E-state index contributed by atoms with van der Waals surface area (Å²) in [6, 6.07) is 4.08. The van der Waals surface area contributed by atoms with Crippen molar-refractivity contribution in [1.82, 2.24) is 5.32 Å². The van der Waals surface area contributed by atoms with Crippen LogP contribution in [-0.2, 0) is 9.53 Å². The van der Waals surface area contributed by atoms with Gasteiger partial charge in [0.15, 0.2) is 0 Å². The Morgan fingerprint density at radius 1 is 1.47 bits per heavy atom. The summed E-state index contributed by atoms with van der Waals surface area (Å²) in [7, 11) is 1.40. The fraction of sp³-hybridized carbons (Fsp3) is 0.545. The molecule has 0 spiro atoms. The molecule has 2 atom stereocenters. The van der Waals surface area contributed by atoms with Crippen LogP contribution in [0.25, 0.3) is 0 Å². The molecule has 0 radical (unpaired) electrons. The fourth-order valence-electron chi connectivity index (χ4n) is 1.39. The Labute approximate surface area is 94.5 Å². The highest BCUT2D eigenvalue weighted by molar-refractivity contribution is 7.12. The minimum Gasteiger partial charge on any atom is -0.468 e. The van der Waals surface area contributed by atoms with Gasteiger partial charge in [0.1, 0.15) is 6.04 Å². The molecule has 0 saturated carbocycles. The van der Waals surface area contributed by atoms with Crippen molar-refractivity contribution in [1.29, 1.82) is 0 Å². The highest BCUT2D eigenvalue weighted by Crippen LogP contribution is 2.22. The van der Waals surface area contributed by atoms with E-state index in [1.54, 1.807) is 11.3 Å². The van der Waals surface area contributed by atoms with E-state index < -0.39 is 0 Å². The smallest absolute Gasteiger partial charge is 0.322 e. The second-order valence-electron chi connectivity index (χ2n) is 3.58. The third-order valence-corrected chi connectivity index (χ3v) is 3.43. The van der Waals surface area contributed by atoms with Crippen LogP contribution in [0.5, 0.6) is 0 Å². The molecule has 4 heteroatoms. The predicted octanol–water partition coefficient (Wildman–Crippen LogP) is 2.27. The van der Waals surface area contributed by atoms with Gasteiger partial charge in [0.25, 0.3) is 0 Å². The Bertz CT molecular complexity index is 335. The minimum absolute atomic E-state index is 0.179. The summed E-state index contributed by atoms with van der Waals surface area (Å²) in [5.41, 5.74) is 0. The average molecular weight is 227 g/mol. The first kappa shape index (κ1) is 12.2. The minimum atomic E-state index is -0.271. The van der Waals surface area contributed by atoms with Gasteiger partial charge in [0.05, 0.1) is 7.11 Å². The van der Waals surface area contributed by atoms with Gasteiger partial charge in [-0.25, -0.2) is 0 Å². The number of nitrogens with one attached hydrogen (secondary N) is 1. The van der Waals surface area contributed by atoms with E-state index in [4.69, 9.17) is 0 Å². The van der Waals surface area contributed by atoms with Gasteiger partial charge in [-0.2, -0.15) is 0 Å². The Kier molecular flexibility index (Phi) is 4.29. The molecule has 84 valence electrons. The maximum Gasteiger partial charge on any atom is 0.322 e. The molecule has 0 saturated heterocycles. The Morgan fingerprint density at radius 3 is 2.60 bits per heavy atom. The lowest BCUT2D eigenvalue weighted by atomic mass is 10.2. The van der Waals surface area contributed by atoms with E-state index in [-0.39, 0.29) is 18.1 Å². The van der Waals surface area contributed by atoms with Gasteiger partial charge in [0, 0.05) is 15.8 Å². The number of carbonyl (C=O) groups excluding carboxylic acids is 1. The van der Waals surface area contributed by atoms with Crippen LogP contribution < -0.4 is 5.32 Å². The van der Waals surface area contributed by atoms with E-state index in [2.05, 4.69) is 29.1 Å². The molecular formula is C11H17NO2S. The molecule has 0 aromatic carbocycles. The van der Waals surface area contributed by atoms with Crippen molar-refractivity contribution in [2.75, 3.05) is 7.11 Å². The van der Waals surface area contributed by atoms with Crippen LogP contribution in [-0.4, -0.2) is 19.1 Å². The van der Waals surface area contributed by atoms with Crippen LogP contribution in [0.3, 0.4) is 0 Å². The Hall–Kier alpha value is -0.870. The van der Waals surface area contributed by atoms with Gasteiger partial charge in [0.2, 0.25) is 0 Å². The number of esters is 1. The van der Waals surface area contributed by atoms with Gasteiger partial charge in [-0.15, -0.1) is 11.3 Å². The summed E-state index contributed by atoms with van der Waals surface area (Å²) in [6.45, 7) is 5.93. The average Bonchev–Trinajstić information content (AvgIpc) is 2.63. The first-order valence-corrected chi connectivity index (χ1v) is 5.76. The first-order valence-electron chi connectivity index (χ1n) is 4.94. The molecule has 1 rings (SSSR count). The molecule has 1 heterocycles. The second-order valence-corrected chi connectivity index (χ2v) is 4.90. The summed E-state index contributed by atoms with van der Waals surface area (Å²) in [5.74, 6) is -0.227. The standard InChI is InChI=1S/C11H17NO2S/c1-7-5-6-10(15-7)8(2)12-9(3)11(13)14-4/h5-6,8-9,12H,1-4H3. The number of methoxy groups -OCH3 is 1. The van der Waals surface area contributed by atoms with Crippen molar-refractivity contribution in [2.24, 2.45) is 0 Å². The van der Waals surface area contributed by atoms with Crippen LogP contribution in [0.4, 0.5) is 0 Å². The summed E-state index contributed by atoms with van der Waals surface area (Å²) in [4.78, 5) is 13.7. The number of carbonyl (C=O) groups is 1. The number of ether oxygens (including phenoxy) is 1. The van der Waals surface area contributed by atoms with Crippen LogP contribution in [0.1, 0.15) is 29.6 Å². The number of hydrogen-bond donors (Lipinski definition) is 1. The molecule has 3 nitrogen and oxygen atoms in total. The van der Waals surface area contributed by atoms with Gasteiger partial charge in [-0.1, -0.05) is 0 Å². The molecule has 15 heavy (non-hydrogen) atoms. The Morgan fingerprint density at radius 2 is 2.13 bits per heavy atom. The largest absolute Gasteiger partial charge is 0.468 e. The van der Waals surface area contributed by atoms with E-state index in [0.717, 1.165) is 0 Å². The van der Waals surface area contributed by atoms with Crippen molar-refractivity contribution in [3.05, 3.63) is 21.9 Å². The highest BCUT2D eigenvalue weighted by atomic mass is 32.1. The summed E-state index contributed by atoms with van der Waals surface area (Å²) < 4.78 is 4.66. The lowest BCUT2D eigenvalue weighted by molar-refractivity contribution is -0.142. The number of thiophene rings is 1. The topological polar surface area (TPSA) is 38.3 Å². The Balaban J connectivity index is 2.55. The second kappa shape index (κ2) is 5.28. The molecule has 0 fully saturated rings. The molecule has 0 aliphatic carbocycles. The molecule has 0 aliphatic heterocycles. The van der Waals surface area contributed by atoms with Crippen molar-refractivity contribution in [2.45, 2.75) is 32.9 Å². The number of rotatable bonds is 4. The quantitative estimate of drug-likeness (QED) is 0.802. The van der Waals surface area contributed by atoms with Gasteiger partial charge < -0.3 is 4.74 Å². The van der Waals surface area contributed by atoms with E-state index >= 15 is 0 Å². The highest BCUT2D eigenvalue weighted by Gasteiger charge is 2.17. The summed E-state index contributed by atoms with van der Waals surface area (Å²) in [5, 5.41) is 3.20. The van der Waals surface area contributed by atoms with Crippen molar-refractivity contribution < 1.29 is 9.53 Å². The summed E-state index contributed by atoms with van der Waals surface area (Å²) in [6.07, 6.45) is 0. The fourth-order valence-corrected chi connectivity index (χ4v) is 2.28. The lowest BCUT2D eigenvalue weighted by Gasteiger charge is -2.16. The lowest BCUT2D eigenvalue weighted by Crippen LogP contribution is -2.36. The first-order chi connectivity index (χ1) is 7.04. The molecule has 0 aliphatic rings. The van der Waals surface area contributed by atoms with Crippen molar-refractivity contribution in [3.8, 4) is 0 Å². The zero-order valence-electron chi connectivity index (χ0n) is 9.53. The number of aryl methyl sites for hydroxylation is 1.